The number of nitrogens with one attached hydrogen (secondary N) is 1. The summed E-state index contributed by atoms with van der Waals surface area (Å²) in [4.78, 5) is 12.2. The van der Waals surface area contributed by atoms with E-state index in [9.17, 15) is 4.79 Å². The van der Waals surface area contributed by atoms with Gasteiger partial charge in [-0.1, -0.05) is 18.2 Å². The molecule has 0 spiro atoms. The molecule has 0 radical (unpaired) electrons. The van der Waals surface area contributed by atoms with E-state index in [1.807, 2.05) is 75.4 Å². The van der Waals surface area contributed by atoms with Gasteiger partial charge >= 0.3 is 6.09 Å². The van der Waals surface area contributed by atoms with Crippen molar-refractivity contribution in [1.82, 2.24) is 4.57 Å². The zero-order valence-electron chi connectivity index (χ0n) is 13.5. The first-order chi connectivity index (χ1) is 10.9. The molecule has 23 heavy (non-hydrogen) atoms. The van der Waals surface area contributed by atoms with Crippen LogP contribution in [0.15, 0.2) is 60.8 Å². The van der Waals surface area contributed by atoms with Gasteiger partial charge in [-0.15, -0.1) is 0 Å². The third kappa shape index (κ3) is 3.54. The fourth-order valence-electron chi connectivity index (χ4n) is 2.38. The van der Waals surface area contributed by atoms with Gasteiger partial charge in [0.1, 0.15) is 5.60 Å². The highest BCUT2D eigenvalue weighted by atomic mass is 16.6. The van der Waals surface area contributed by atoms with Gasteiger partial charge in [0.2, 0.25) is 0 Å². The molecule has 2 aromatic carbocycles. The Balaban J connectivity index is 1.87. The molecule has 0 unspecified atom stereocenters. The van der Waals surface area contributed by atoms with Crippen molar-refractivity contribution in [2.45, 2.75) is 26.4 Å². The van der Waals surface area contributed by atoms with E-state index in [0.717, 1.165) is 22.3 Å². The van der Waals surface area contributed by atoms with E-state index in [-0.39, 0.29) is 6.09 Å². The number of ether oxygens (including phenoxy) is 1. The molecular formula is C19H20N2O2. The smallest absolute Gasteiger partial charge is 0.418 e. The van der Waals surface area contributed by atoms with E-state index < -0.39 is 5.60 Å². The molecule has 0 aliphatic carbocycles. The Morgan fingerprint density at radius 3 is 2.43 bits per heavy atom. The molecule has 4 heteroatoms. The zero-order valence-corrected chi connectivity index (χ0v) is 13.5. The standard InChI is InChI=1S/C19H20N2O2/c1-19(2,3)23-18(22)21-12-11-14-13-16(9-10-17(14)21)20-15-7-5-4-6-8-15/h4-13,20H,1-3H3. The predicted molar refractivity (Wildman–Crippen MR) is 93.3 cm³/mol. The number of anilines is 2. The average Bonchev–Trinajstić information content (AvgIpc) is 2.90. The van der Waals surface area contributed by atoms with Gasteiger partial charge in [-0.2, -0.15) is 0 Å². The highest BCUT2D eigenvalue weighted by molar-refractivity contribution is 5.91. The third-order valence-corrected chi connectivity index (χ3v) is 3.34. The Labute approximate surface area is 135 Å². The van der Waals surface area contributed by atoms with Gasteiger partial charge in [-0.3, -0.25) is 4.57 Å². The molecule has 118 valence electrons. The SMILES string of the molecule is CC(C)(C)OC(=O)n1ccc2cc(Nc3ccccc3)ccc21. The van der Waals surface area contributed by atoms with E-state index >= 15 is 0 Å². The number of carbonyl (C=O) groups is 1. The first-order valence-electron chi connectivity index (χ1n) is 7.59. The number of rotatable bonds is 2. The van der Waals surface area contributed by atoms with Crippen molar-refractivity contribution >= 4 is 28.4 Å². The van der Waals surface area contributed by atoms with Crippen LogP contribution in [0, 0.1) is 0 Å². The summed E-state index contributed by atoms with van der Waals surface area (Å²) in [6.45, 7) is 5.58. The van der Waals surface area contributed by atoms with Gasteiger partial charge in [0, 0.05) is 23.0 Å². The Morgan fingerprint density at radius 2 is 1.74 bits per heavy atom. The van der Waals surface area contributed by atoms with Crippen LogP contribution in [0.1, 0.15) is 20.8 Å². The van der Waals surface area contributed by atoms with Crippen molar-refractivity contribution in [3.63, 3.8) is 0 Å². The molecule has 0 saturated carbocycles. The van der Waals surface area contributed by atoms with Gasteiger partial charge in [-0.25, -0.2) is 4.79 Å². The Hall–Kier alpha value is -2.75. The number of hydrogen-bond acceptors (Lipinski definition) is 3. The molecule has 1 heterocycles. The summed E-state index contributed by atoms with van der Waals surface area (Å²) >= 11 is 0. The normalized spacial score (nSPS) is 11.4. The number of fused-ring (bicyclic) bond motifs is 1. The van der Waals surface area contributed by atoms with E-state index in [2.05, 4.69) is 5.32 Å². The molecule has 0 bridgehead atoms. The van der Waals surface area contributed by atoms with Crippen molar-refractivity contribution in [3.05, 3.63) is 60.8 Å². The van der Waals surface area contributed by atoms with Crippen molar-refractivity contribution in [1.29, 1.82) is 0 Å². The average molecular weight is 308 g/mol. The van der Waals surface area contributed by atoms with Crippen LogP contribution in [0.25, 0.3) is 10.9 Å². The zero-order chi connectivity index (χ0) is 16.4. The molecule has 0 aliphatic rings. The van der Waals surface area contributed by atoms with Crippen molar-refractivity contribution in [3.8, 4) is 0 Å². The lowest BCUT2D eigenvalue weighted by Gasteiger charge is -2.19. The maximum absolute atomic E-state index is 12.2. The highest BCUT2D eigenvalue weighted by Crippen LogP contribution is 2.24. The maximum Gasteiger partial charge on any atom is 0.418 e. The summed E-state index contributed by atoms with van der Waals surface area (Å²) < 4.78 is 6.96. The van der Waals surface area contributed by atoms with Crippen LogP contribution in [0.3, 0.4) is 0 Å². The molecule has 0 saturated heterocycles. The van der Waals surface area contributed by atoms with E-state index in [0.29, 0.717) is 0 Å². The maximum atomic E-state index is 12.2. The van der Waals surface area contributed by atoms with Gasteiger partial charge < -0.3 is 10.1 Å². The third-order valence-electron chi connectivity index (χ3n) is 3.34. The number of benzene rings is 2. The van der Waals surface area contributed by atoms with Crippen LogP contribution >= 0.6 is 0 Å². The molecular weight excluding hydrogens is 288 g/mol. The van der Waals surface area contributed by atoms with Crippen LogP contribution in [0.5, 0.6) is 0 Å². The van der Waals surface area contributed by atoms with Crippen molar-refractivity contribution < 1.29 is 9.53 Å². The first kappa shape index (κ1) is 15.2. The van der Waals surface area contributed by atoms with E-state index in [1.54, 1.807) is 6.20 Å². The monoisotopic (exact) mass is 308 g/mol. The molecule has 3 aromatic rings. The summed E-state index contributed by atoms with van der Waals surface area (Å²) in [5.74, 6) is 0. The Kier molecular flexibility index (Phi) is 3.82. The molecule has 0 amide bonds. The number of para-hydroxylation sites is 1. The van der Waals surface area contributed by atoms with Crippen LogP contribution in [-0.4, -0.2) is 16.3 Å². The molecule has 1 aromatic heterocycles. The molecule has 0 aliphatic heterocycles. The number of carbonyl (C=O) groups excluding carboxylic acids is 1. The van der Waals surface area contributed by atoms with Crippen LogP contribution < -0.4 is 5.32 Å². The topological polar surface area (TPSA) is 43.3 Å². The molecule has 4 nitrogen and oxygen atoms in total. The fraction of sp³-hybridized carbons (Fsp3) is 0.211. The second-order valence-corrected chi connectivity index (χ2v) is 6.43. The highest BCUT2D eigenvalue weighted by Gasteiger charge is 2.18. The van der Waals surface area contributed by atoms with Gasteiger partial charge in [0.15, 0.2) is 0 Å². The first-order valence-corrected chi connectivity index (χ1v) is 7.59. The number of aromatic nitrogens is 1. The quantitative estimate of drug-likeness (QED) is 0.710. The van der Waals surface area contributed by atoms with E-state index in [1.165, 1.54) is 4.57 Å². The molecule has 1 N–H and O–H groups in total. The van der Waals surface area contributed by atoms with Crippen LogP contribution in [0.2, 0.25) is 0 Å². The summed E-state index contributed by atoms with van der Waals surface area (Å²) in [6, 6.07) is 17.8. The van der Waals surface area contributed by atoms with E-state index in [4.69, 9.17) is 4.74 Å². The minimum absolute atomic E-state index is 0.365. The van der Waals surface area contributed by atoms with Crippen LogP contribution in [0.4, 0.5) is 16.2 Å². The molecule has 3 rings (SSSR count). The lowest BCUT2D eigenvalue weighted by atomic mass is 10.2. The van der Waals surface area contributed by atoms with Gasteiger partial charge in [0.05, 0.1) is 5.52 Å². The summed E-state index contributed by atoms with van der Waals surface area (Å²) in [6.07, 6.45) is 1.38. The number of nitrogens with zero attached hydrogens (tertiary/aromatic N) is 1. The van der Waals surface area contributed by atoms with Crippen molar-refractivity contribution in [2.24, 2.45) is 0 Å². The minimum Gasteiger partial charge on any atom is -0.443 e. The Morgan fingerprint density at radius 1 is 1.00 bits per heavy atom. The largest absolute Gasteiger partial charge is 0.443 e. The number of hydrogen-bond donors (Lipinski definition) is 1. The lowest BCUT2D eigenvalue weighted by molar-refractivity contribution is 0.0544. The summed E-state index contributed by atoms with van der Waals surface area (Å²) in [5.41, 5.74) is 2.32. The second kappa shape index (κ2) is 5.80. The minimum atomic E-state index is -0.511. The van der Waals surface area contributed by atoms with Gasteiger partial charge in [-0.05, 0) is 57.2 Å². The lowest BCUT2D eigenvalue weighted by Crippen LogP contribution is -2.26. The summed E-state index contributed by atoms with van der Waals surface area (Å²) in [7, 11) is 0. The van der Waals surface area contributed by atoms with Gasteiger partial charge in [0.25, 0.3) is 0 Å². The fourth-order valence-corrected chi connectivity index (χ4v) is 2.38. The molecule has 0 fully saturated rings. The second-order valence-electron chi connectivity index (χ2n) is 6.43. The van der Waals surface area contributed by atoms with Crippen LogP contribution in [-0.2, 0) is 4.74 Å². The van der Waals surface area contributed by atoms with Crippen molar-refractivity contribution in [2.75, 3.05) is 5.32 Å². The predicted octanol–water partition coefficient (Wildman–Crippen LogP) is 5.17. The molecule has 0 atom stereocenters. The Bertz CT molecular complexity index is 829. The summed E-state index contributed by atoms with van der Waals surface area (Å²) in [5, 5.41) is 4.33.